The fourth-order valence-electron chi connectivity index (χ4n) is 3.12. The van der Waals surface area contributed by atoms with Crippen molar-refractivity contribution in [3.05, 3.63) is 0 Å². The van der Waals surface area contributed by atoms with E-state index in [-0.39, 0.29) is 0 Å². The zero-order valence-electron chi connectivity index (χ0n) is 13.4. The predicted octanol–water partition coefficient (Wildman–Crippen LogP) is 4.33. The van der Waals surface area contributed by atoms with Crippen LogP contribution in [0.25, 0.3) is 0 Å². The van der Waals surface area contributed by atoms with Gasteiger partial charge < -0.3 is 10.2 Å². The summed E-state index contributed by atoms with van der Waals surface area (Å²) in [4.78, 5) is 23.3. The van der Waals surface area contributed by atoms with Crippen molar-refractivity contribution in [3.8, 4) is 0 Å². The number of hydrogen-bond donors (Lipinski definition) is 2. The van der Waals surface area contributed by atoms with Crippen molar-refractivity contribution in [1.29, 1.82) is 0 Å². The van der Waals surface area contributed by atoms with Crippen LogP contribution < -0.4 is 0 Å². The first-order valence-electron chi connectivity index (χ1n) is 7.81. The third-order valence-electron chi connectivity index (χ3n) is 4.80. The van der Waals surface area contributed by atoms with Crippen molar-refractivity contribution >= 4 is 11.9 Å². The van der Waals surface area contributed by atoms with Crippen LogP contribution >= 0.6 is 0 Å². The molecule has 0 aromatic rings. The molecule has 0 heterocycles. The highest BCUT2D eigenvalue weighted by Gasteiger charge is 2.42. The zero-order valence-corrected chi connectivity index (χ0v) is 13.4. The van der Waals surface area contributed by atoms with Crippen molar-refractivity contribution in [2.45, 2.75) is 79.1 Å². The molecule has 0 aliphatic carbocycles. The highest BCUT2D eigenvalue weighted by Crippen LogP contribution is 2.41. The minimum absolute atomic E-state index is 0.451. The van der Waals surface area contributed by atoms with Crippen molar-refractivity contribution < 1.29 is 19.8 Å². The predicted molar refractivity (Wildman–Crippen MR) is 79.8 cm³/mol. The number of hydrogen-bond acceptors (Lipinski definition) is 2. The average Bonchev–Trinajstić information content (AvgIpc) is 2.41. The maximum Gasteiger partial charge on any atom is 0.309 e. The van der Waals surface area contributed by atoms with Gasteiger partial charge in [0.25, 0.3) is 0 Å². The van der Waals surface area contributed by atoms with E-state index in [0.29, 0.717) is 38.5 Å². The molecule has 20 heavy (non-hydrogen) atoms. The Morgan fingerprint density at radius 3 is 1.15 bits per heavy atom. The summed E-state index contributed by atoms with van der Waals surface area (Å²) in [6.45, 7) is 7.73. The van der Waals surface area contributed by atoms with Crippen LogP contribution in [-0.2, 0) is 9.59 Å². The van der Waals surface area contributed by atoms with Gasteiger partial charge in [-0.1, -0.05) is 40.5 Å². The Kier molecular flexibility index (Phi) is 7.84. The topological polar surface area (TPSA) is 74.6 Å². The molecule has 0 saturated carbocycles. The summed E-state index contributed by atoms with van der Waals surface area (Å²) in [6.07, 6.45) is 4.86. The van der Waals surface area contributed by atoms with E-state index in [4.69, 9.17) is 0 Å². The molecule has 118 valence electrons. The maximum absolute atomic E-state index is 11.6. The zero-order chi connectivity index (χ0) is 15.8. The molecule has 2 atom stereocenters. The van der Waals surface area contributed by atoms with Crippen molar-refractivity contribution in [2.24, 2.45) is 10.8 Å². The van der Waals surface area contributed by atoms with Gasteiger partial charge in [-0.25, -0.2) is 0 Å². The number of rotatable bonds is 11. The summed E-state index contributed by atoms with van der Waals surface area (Å²) < 4.78 is 0. The molecule has 0 fully saturated rings. The Morgan fingerprint density at radius 2 is 1.00 bits per heavy atom. The lowest BCUT2D eigenvalue weighted by Gasteiger charge is -2.34. The average molecular weight is 286 g/mol. The van der Waals surface area contributed by atoms with Crippen molar-refractivity contribution in [3.63, 3.8) is 0 Å². The number of carboxylic acid groups (broad SMARTS) is 2. The quantitative estimate of drug-likeness (QED) is 0.593. The van der Waals surface area contributed by atoms with E-state index >= 15 is 0 Å². The number of aliphatic carboxylic acids is 2. The van der Waals surface area contributed by atoms with E-state index < -0.39 is 22.8 Å². The lowest BCUT2D eigenvalue weighted by atomic mass is 9.69. The molecule has 0 aromatic carbocycles. The van der Waals surface area contributed by atoms with Gasteiger partial charge in [-0.05, 0) is 38.5 Å². The molecule has 0 spiro atoms. The molecule has 2 N–H and O–H groups in total. The van der Waals surface area contributed by atoms with Crippen LogP contribution in [0.5, 0.6) is 0 Å². The number of carboxylic acids is 2. The molecular formula is C16H30O4. The van der Waals surface area contributed by atoms with Crippen molar-refractivity contribution in [2.75, 3.05) is 0 Å². The summed E-state index contributed by atoms with van der Waals surface area (Å²) in [5.74, 6) is -1.57. The fraction of sp³-hybridized carbons (Fsp3) is 0.875. The van der Waals surface area contributed by atoms with Gasteiger partial charge in [-0.15, -0.1) is 0 Å². The van der Waals surface area contributed by atoms with Gasteiger partial charge in [0.2, 0.25) is 0 Å². The van der Waals surface area contributed by atoms with Crippen LogP contribution in [0.15, 0.2) is 0 Å². The van der Waals surface area contributed by atoms with Crippen LogP contribution in [0.2, 0.25) is 0 Å². The third kappa shape index (κ3) is 4.22. The lowest BCUT2D eigenvalue weighted by Crippen LogP contribution is -2.36. The Balaban J connectivity index is 5.14. The smallest absolute Gasteiger partial charge is 0.309 e. The van der Waals surface area contributed by atoms with E-state index in [1.807, 2.05) is 27.7 Å². The Hall–Kier alpha value is -1.06. The molecule has 2 unspecified atom stereocenters. The first-order chi connectivity index (χ1) is 9.34. The summed E-state index contributed by atoms with van der Waals surface area (Å²) >= 11 is 0. The first-order valence-corrected chi connectivity index (χ1v) is 7.81. The van der Waals surface area contributed by atoms with Gasteiger partial charge in [0.05, 0.1) is 10.8 Å². The number of carbonyl (C=O) groups is 2. The van der Waals surface area contributed by atoms with E-state index in [0.717, 1.165) is 12.8 Å². The fourth-order valence-corrected chi connectivity index (χ4v) is 3.12. The van der Waals surface area contributed by atoms with Crippen LogP contribution in [0.4, 0.5) is 0 Å². The van der Waals surface area contributed by atoms with Crippen LogP contribution in [0.1, 0.15) is 79.1 Å². The molecule has 4 heteroatoms. The van der Waals surface area contributed by atoms with Crippen LogP contribution in [0.3, 0.4) is 0 Å². The van der Waals surface area contributed by atoms with Gasteiger partial charge in [0.1, 0.15) is 0 Å². The molecule has 0 bridgehead atoms. The third-order valence-corrected chi connectivity index (χ3v) is 4.80. The SMILES string of the molecule is CCCC(CC)(CCC(CC)(CCC)C(=O)O)C(=O)O. The van der Waals surface area contributed by atoms with Gasteiger partial charge >= 0.3 is 11.9 Å². The van der Waals surface area contributed by atoms with Gasteiger partial charge in [-0.2, -0.15) is 0 Å². The normalized spacial score (nSPS) is 17.2. The molecule has 0 aromatic heterocycles. The van der Waals surface area contributed by atoms with E-state index in [1.165, 1.54) is 0 Å². The summed E-state index contributed by atoms with van der Waals surface area (Å²) in [5, 5.41) is 19.1. The monoisotopic (exact) mass is 286 g/mol. The molecule has 0 saturated heterocycles. The summed E-state index contributed by atoms with van der Waals surface area (Å²) in [7, 11) is 0. The van der Waals surface area contributed by atoms with E-state index in [2.05, 4.69) is 0 Å². The molecular weight excluding hydrogens is 256 g/mol. The highest BCUT2D eigenvalue weighted by molar-refractivity contribution is 5.76. The Morgan fingerprint density at radius 1 is 0.700 bits per heavy atom. The molecule has 0 rings (SSSR count). The van der Waals surface area contributed by atoms with Gasteiger partial charge in [-0.3, -0.25) is 9.59 Å². The summed E-state index contributed by atoms with van der Waals surface area (Å²) in [5.41, 5.74) is -1.53. The lowest BCUT2D eigenvalue weighted by molar-refractivity contribution is -0.155. The maximum atomic E-state index is 11.6. The minimum Gasteiger partial charge on any atom is -0.481 e. The molecule has 0 amide bonds. The van der Waals surface area contributed by atoms with Gasteiger partial charge in [0, 0.05) is 0 Å². The van der Waals surface area contributed by atoms with Gasteiger partial charge in [0.15, 0.2) is 0 Å². The Labute approximate surface area is 122 Å². The summed E-state index contributed by atoms with van der Waals surface area (Å²) in [6, 6.07) is 0. The molecule has 0 radical (unpaired) electrons. The second-order valence-electron chi connectivity index (χ2n) is 5.88. The largest absolute Gasteiger partial charge is 0.481 e. The van der Waals surface area contributed by atoms with E-state index in [1.54, 1.807) is 0 Å². The second kappa shape index (κ2) is 8.28. The molecule has 0 aliphatic heterocycles. The van der Waals surface area contributed by atoms with E-state index in [9.17, 15) is 19.8 Å². The molecule has 0 aliphatic rings. The minimum atomic E-state index is -0.784. The second-order valence-corrected chi connectivity index (χ2v) is 5.88. The first kappa shape index (κ1) is 18.9. The highest BCUT2D eigenvalue weighted by atomic mass is 16.4. The Bertz CT molecular complexity index is 294. The van der Waals surface area contributed by atoms with Crippen LogP contribution in [-0.4, -0.2) is 22.2 Å². The van der Waals surface area contributed by atoms with Crippen molar-refractivity contribution in [1.82, 2.24) is 0 Å². The molecule has 4 nitrogen and oxygen atoms in total. The van der Waals surface area contributed by atoms with Crippen LogP contribution in [0, 0.1) is 10.8 Å². The standard InChI is InChI=1S/C16H30O4/c1-5-9-15(7-3,13(17)18)11-12-16(8-4,10-6-2)14(19)20/h5-12H2,1-4H3,(H,17,18)(H,19,20).